The van der Waals surface area contributed by atoms with Crippen molar-refractivity contribution in [2.75, 3.05) is 17.3 Å². The summed E-state index contributed by atoms with van der Waals surface area (Å²) in [6.07, 6.45) is 2.71. The minimum Gasteiger partial charge on any atom is -0.497 e. The highest BCUT2D eigenvalue weighted by Gasteiger charge is 2.37. The van der Waals surface area contributed by atoms with Crippen molar-refractivity contribution >= 4 is 23.4 Å². The molecule has 0 spiro atoms. The first-order valence-electron chi connectivity index (χ1n) is 10.7. The van der Waals surface area contributed by atoms with Crippen LogP contribution in [-0.2, 0) is 4.79 Å². The monoisotopic (exact) mass is 417 g/mol. The van der Waals surface area contributed by atoms with Gasteiger partial charge in [-0.15, -0.1) is 0 Å². The van der Waals surface area contributed by atoms with Crippen LogP contribution in [0, 0.1) is 11.3 Å². The van der Waals surface area contributed by atoms with Gasteiger partial charge in [0.15, 0.2) is 0 Å². The molecule has 1 aliphatic rings. The van der Waals surface area contributed by atoms with Crippen LogP contribution in [0.25, 0.3) is 6.08 Å². The topological polar surface area (TPSA) is 65.4 Å². The van der Waals surface area contributed by atoms with Gasteiger partial charge in [-0.2, -0.15) is 5.26 Å². The molecule has 162 valence electrons. The summed E-state index contributed by atoms with van der Waals surface area (Å²) in [5.41, 5.74) is 4.11. The summed E-state index contributed by atoms with van der Waals surface area (Å²) in [5, 5.41) is 12.4. The van der Waals surface area contributed by atoms with E-state index in [1.807, 2.05) is 12.1 Å². The predicted molar refractivity (Wildman–Crippen MR) is 126 cm³/mol. The van der Waals surface area contributed by atoms with Crippen molar-refractivity contribution in [2.45, 2.75) is 58.5 Å². The Morgan fingerprint density at radius 3 is 2.52 bits per heavy atom. The highest BCUT2D eigenvalue weighted by molar-refractivity contribution is 6.09. The lowest BCUT2D eigenvalue weighted by molar-refractivity contribution is -0.112. The Morgan fingerprint density at radius 2 is 1.94 bits per heavy atom. The third-order valence-corrected chi connectivity index (χ3v) is 5.84. The summed E-state index contributed by atoms with van der Waals surface area (Å²) >= 11 is 0. The number of carbonyl (C=O) groups excluding carboxylic acids is 1. The molecule has 0 radical (unpaired) electrons. The van der Waals surface area contributed by atoms with E-state index >= 15 is 0 Å². The van der Waals surface area contributed by atoms with Gasteiger partial charge >= 0.3 is 0 Å². The van der Waals surface area contributed by atoms with Gasteiger partial charge in [-0.25, -0.2) is 0 Å². The molecule has 2 aromatic carbocycles. The molecule has 0 fully saturated rings. The number of anilines is 2. The van der Waals surface area contributed by atoms with Crippen LogP contribution in [0.1, 0.15) is 58.1 Å². The molecule has 0 saturated carbocycles. The Bertz CT molecular complexity index is 1030. The Kier molecular flexibility index (Phi) is 6.40. The first-order valence-corrected chi connectivity index (χ1v) is 10.7. The predicted octanol–water partition coefficient (Wildman–Crippen LogP) is 5.74. The molecule has 1 aliphatic heterocycles. The fourth-order valence-corrected chi connectivity index (χ4v) is 4.73. The van der Waals surface area contributed by atoms with Crippen LogP contribution < -0.4 is 15.0 Å². The van der Waals surface area contributed by atoms with Crippen molar-refractivity contribution < 1.29 is 9.53 Å². The van der Waals surface area contributed by atoms with Crippen LogP contribution in [0.4, 0.5) is 11.4 Å². The molecule has 0 unspecified atom stereocenters. The molecule has 1 N–H and O–H groups in total. The van der Waals surface area contributed by atoms with E-state index in [1.165, 1.54) is 11.3 Å². The molecule has 5 nitrogen and oxygen atoms in total. The number of ether oxygens (including phenoxy) is 1. The lowest BCUT2D eigenvalue weighted by atomic mass is 9.79. The van der Waals surface area contributed by atoms with Crippen LogP contribution in [-0.4, -0.2) is 24.6 Å². The zero-order valence-electron chi connectivity index (χ0n) is 19.2. The summed E-state index contributed by atoms with van der Waals surface area (Å²) in [4.78, 5) is 15.1. The fourth-order valence-electron chi connectivity index (χ4n) is 4.73. The van der Waals surface area contributed by atoms with Gasteiger partial charge in [-0.05, 0) is 93.6 Å². The van der Waals surface area contributed by atoms with E-state index in [1.54, 1.807) is 37.5 Å². The lowest BCUT2D eigenvalue weighted by Crippen LogP contribution is -2.51. The molecule has 0 saturated heterocycles. The van der Waals surface area contributed by atoms with Gasteiger partial charge in [0.2, 0.25) is 0 Å². The molecular formula is C26H31N3O2. The summed E-state index contributed by atoms with van der Waals surface area (Å²) in [6, 6.07) is 15.7. The molecule has 1 amide bonds. The molecule has 2 aromatic rings. The number of nitrogens with zero attached hydrogens (tertiary/aromatic N) is 2. The van der Waals surface area contributed by atoms with Crippen LogP contribution >= 0.6 is 0 Å². The van der Waals surface area contributed by atoms with E-state index in [4.69, 9.17) is 4.74 Å². The first kappa shape index (κ1) is 22.4. The Labute approximate surface area is 185 Å². The normalized spacial score (nSPS) is 17.7. The first-order chi connectivity index (χ1) is 14.7. The molecule has 5 heteroatoms. The van der Waals surface area contributed by atoms with Crippen LogP contribution in [0.5, 0.6) is 5.75 Å². The van der Waals surface area contributed by atoms with Crippen molar-refractivity contribution in [3.05, 3.63) is 59.2 Å². The van der Waals surface area contributed by atoms with Gasteiger partial charge in [0.1, 0.15) is 17.4 Å². The number of fused-ring (bicyclic) bond motifs is 1. The van der Waals surface area contributed by atoms with Gasteiger partial charge in [0, 0.05) is 23.0 Å². The third-order valence-electron chi connectivity index (χ3n) is 5.84. The average Bonchev–Trinajstić information content (AvgIpc) is 2.71. The molecule has 31 heavy (non-hydrogen) atoms. The maximum atomic E-state index is 12.6. The highest BCUT2D eigenvalue weighted by atomic mass is 16.5. The second-order valence-corrected chi connectivity index (χ2v) is 9.05. The Balaban J connectivity index is 1.89. The average molecular weight is 418 g/mol. The van der Waals surface area contributed by atoms with E-state index in [-0.39, 0.29) is 11.1 Å². The van der Waals surface area contributed by atoms with Crippen molar-refractivity contribution in [1.82, 2.24) is 0 Å². The standard InChI is InChI=1S/C26H31N3O2/c1-17(2)29-24-12-7-19(14-23(24)18(3)15-26(29,4)5)13-20(16-27)25(30)28-21-8-10-22(31-6)11-9-21/h7-14,17-18H,15H2,1-6H3,(H,28,30)/b20-13-/t18-/m1/s1. The number of amides is 1. The van der Waals surface area contributed by atoms with Crippen molar-refractivity contribution in [3.63, 3.8) is 0 Å². The quantitative estimate of drug-likeness (QED) is 0.497. The lowest BCUT2D eigenvalue weighted by Gasteiger charge is -2.50. The Morgan fingerprint density at radius 1 is 1.26 bits per heavy atom. The molecule has 0 bridgehead atoms. The number of rotatable bonds is 5. The van der Waals surface area contributed by atoms with E-state index < -0.39 is 5.91 Å². The van der Waals surface area contributed by atoms with Crippen molar-refractivity contribution in [1.29, 1.82) is 5.26 Å². The number of methoxy groups -OCH3 is 1. The van der Waals surface area contributed by atoms with Crippen LogP contribution in [0.15, 0.2) is 48.0 Å². The molecular weight excluding hydrogens is 386 g/mol. The molecule has 0 aliphatic carbocycles. The second kappa shape index (κ2) is 8.85. The minimum atomic E-state index is -0.427. The van der Waals surface area contributed by atoms with Gasteiger partial charge < -0.3 is 15.0 Å². The number of carbonyl (C=O) groups is 1. The fraction of sp³-hybridized carbons (Fsp3) is 0.385. The van der Waals surface area contributed by atoms with Crippen LogP contribution in [0.2, 0.25) is 0 Å². The number of nitrogens with one attached hydrogen (secondary N) is 1. The largest absolute Gasteiger partial charge is 0.497 e. The number of hydrogen-bond acceptors (Lipinski definition) is 4. The van der Waals surface area contributed by atoms with Gasteiger partial charge in [0.05, 0.1) is 7.11 Å². The van der Waals surface area contributed by atoms with E-state index in [2.05, 4.69) is 57.0 Å². The third kappa shape index (κ3) is 4.74. The molecule has 3 rings (SSSR count). The summed E-state index contributed by atoms with van der Waals surface area (Å²) in [5.74, 6) is 0.672. The van der Waals surface area contributed by atoms with Crippen LogP contribution in [0.3, 0.4) is 0 Å². The smallest absolute Gasteiger partial charge is 0.266 e. The van der Waals surface area contributed by atoms with Crippen molar-refractivity contribution in [2.24, 2.45) is 0 Å². The van der Waals surface area contributed by atoms with E-state index in [0.29, 0.717) is 23.4 Å². The maximum Gasteiger partial charge on any atom is 0.266 e. The van der Waals surface area contributed by atoms with Crippen molar-refractivity contribution in [3.8, 4) is 11.8 Å². The number of benzene rings is 2. The van der Waals surface area contributed by atoms with E-state index in [0.717, 1.165) is 12.0 Å². The summed E-state index contributed by atoms with van der Waals surface area (Å²) < 4.78 is 5.13. The number of nitriles is 1. The second-order valence-electron chi connectivity index (χ2n) is 9.05. The van der Waals surface area contributed by atoms with Gasteiger partial charge in [0.25, 0.3) is 5.91 Å². The SMILES string of the molecule is COc1ccc(NC(=O)/C(C#N)=C\c2ccc3c(c2)[C@H](C)CC(C)(C)N3C(C)C)cc1. The maximum absolute atomic E-state index is 12.6. The zero-order chi connectivity index (χ0) is 22.8. The molecule has 1 heterocycles. The summed E-state index contributed by atoms with van der Waals surface area (Å²) in [6.45, 7) is 11.3. The minimum absolute atomic E-state index is 0.0697. The van der Waals surface area contributed by atoms with E-state index in [9.17, 15) is 10.1 Å². The number of hydrogen-bond donors (Lipinski definition) is 1. The molecule has 0 aromatic heterocycles. The zero-order valence-corrected chi connectivity index (χ0v) is 19.2. The van der Waals surface area contributed by atoms with Gasteiger partial charge in [-0.3, -0.25) is 4.79 Å². The summed E-state index contributed by atoms with van der Waals surface area (Å²) in [7, 11) is 1.59. The molecule has 1 atom stereocenters. The van der Waals surface area contributed by atoms with Gasteiger partial charge in [-0.1, -0.05) is 13.0 Å². The highest BCUT2D eigenvalue weighted by Crippen LogP contribution is 2.44. The Hall–Kier alpha value is -3.26.